The van der Waals surface area contributed by atoms with Crippen molar-refractivity contribution in [1.29, 1.82) is 0 Å². The first-order valence-corrected chi connectivity index (χ1v) is 7.69. The molecule has 1 saturated carbocycles. The minimum atomic E-state index is 0.565. The third-order valence-electron chi connectivity index (χ3n) is 5.06. The van der Waals surface area contributed by atoms with Crippen LogP contribution in [0.4, 0.5) is 0 Å². The van der Waals surface area contributed by atoms with E-state index in [1.165, 1.54) is 45.2 Å². The Morgan fingerprint density at radius 1 is 1.33 bits per heavy atom. The highest BCUT2D eigenvalue weighted by atomic mass is 16.5. The smallest absolute Gasteiger partial charge is 0.0630 e. The quantitative estimate of drug-likeness (QED) is 0.719. The van der Waals surface area contributed by atoms with Gasteiger partial charge in [0.15, 0.2) is 0 Å². The maximum absolute atomic E-state index is 5.42. The zero-order valence-electron chi connectivity index (χ0n) is 12.4. The third-order valence-corrected chi connectivity index (χ3v) is 5.06. The summed E-state index contributed by atoms with van der Waals surface area (Å²) in [5.41, 5.74) is 0.575. The monoisotopic (exact) mass is 254 g/mol. The van der Waals surface area contributed by atoms with Crippen LogP contribution in [0.2, 0.25) is 0 Å². The van der Waals surface area contributed by atoms with Gasteiger partial charge in [0.25, 0.3) is 0 Å². The molecule has 1 aliphatic heterocycles. The third kappa shape index (κ3) is 3.46. The van der Waals surface area contributed by atoms with E-state index < -0.39 is 0 Å². The molecule has 1 atom stereocenters. The molecule has 2 fully saturated rings. The van der Waals surface area contributed by atoms with Gasteiger partial charge < -0.3 is 10.1 Å². The number of hydrogen-bond acceptors (Lipinski definition) is 3. The van der Waals surface area contributed by atoms with Crippen molar-refractivity contribution in [3.05, 3.63) is 0 Å². The SMILES string of the molecule is CCC1(CC)CCN(C(CNC2CC2)COC)C1. The number of likely N-dealkylation sites (tertiary alicyclic amines) is 1. The molecule has 106 valence electrons. The molecule has 1 unspecified atom stereocenters. The Morgan fingerprint density at radius 2 is 2.06 bits per heavy atom. The molecule has 3 nitrogen and oxygen atoms in total. The van der Waals surface area contributed by atoms with Gasteiger partial charge in [0, 0.05) is 32.3 Å². The molecule has 0 spiro atoms. The van der Waals surface area contributed by atoms with Crippen molar-refractivity contribution in [2.75, 3.05) is 33.4 Å². The highest BCUT2D eigenvalue weighted by molar-refractivity contribution is 4.92. The first kappa shape index (κ1) is 14.3. The number of rotatable bonds is 8. The molecule has 0 radical (unpaired) electrons. The molecule has 1 N–H and O–H groups in total. The Balaban J connectivity index is 1.85. The van der Waals surface area contributed by atoms with Crippen LogP contribution in [0.1, 0.15) is 46.0 Å². The summed E-state index contributed by atoms with van der Waals surface area (Å²) < 4.78 is 5.42. The Bertz CT molecular complexity index is 249. The standard InChI is InChI=1S/C15H30N2O/c1-4-15(5-2)8-9-17(12-15)14(11-18-3)10-16-13-6-7-13/h13-14,16H,4-12H2,1-3H3. The van der Waals surface area contributed by atoms with Crippen molar-refractivity contribution in [3.8, 4) is 0 Å². The number of hydrogen-bond donors (Lipinski definition) is 1. The molecule has 0 aromatic heterocycles. The van der Waals surface area contributed by atoms with Crippen LogP contribution >= 0.6 is 0 Å². The zero-order chi connectivity index (χ0) is 13.0. The summed E-state index contributed by atoms with van der Waals surface area (Å²) in [6.07, 6.45) is 6.73. The first-order chi connectivity index (χ1) is 8.73. The molecule has 3 heteroatoms. The van der Waals surface area contributed by atoms with Crippen molar-refractivity contribution in [2.45, 2.75) is 58.0 Å². The van der Waals surface area contributed by atoms with Crippen LogP contribution in [0, 0.1) is 5.41 Å². The van der Waals surface area contributed by atoms with Crippen LogP contribution in [0.3, 0.4) is 0 Å². The van der Waals surface area contributed by atoms with E-state index in [9.17, 15) is 0 Å². The van der Waals surface area contributed by atoms with E-state index in [4.69, 9.17) is 4.74 Å². The predicted octanol–water partition coefficient (Wildman–Crippen LogP) is 2.27. The minimum Gasteiger partial charge on any atom is -0.383 e. The Morgan fingerprint density at radius 3 is 2.56 bits per heavy atom. The molecule has 1 saturated heterocycles. The second-order valence-electron chi connectivity index (χ2n) is 6.22. The summed E-state index contributed by atoms with van der Waals surface area (Å²) >= 11 is 0. The Labute approximate surface area is 112 Å². The second-order valence-corrected chi connectivity index (χ2v) is 6.22. The van der Waals surface area contributed by atoms with E-state index in [2.05, 4.69) is 24.1 Å². The van der Waals surface area contributed by atoms with Gasteiger partial charge in [-0.25, -0.2) is 0 Å². The van der Waals surface area contributed by atoms with E-state index in [0.717, 1.165) is 19.2 Å². The van der Waals surface area contributed by atoms with Gasteiger partial charge in [0.1, 0.15) is 0 Å². The summed E-state index contributed by atoms with van der Waals surface area (Å²) in [7, 11) is 1.83. The average molecular weight is 254 g/mol. The predicted molar refractivity (Wildman–Crippen MR) is 75.9 cm³/mol. The lowest BCUT2D eigenvalue weighted by Gasteiger charge is -2.31. The second kappa shape index (κ2) is 6.36. The molecule has 0 aromatic carbocycles. The fourth-order valence-electron chi connectivity index (χ4n) is 3.18. The van der Waals surface area contributed by atoms with Crippen LogP contribution in [-0.2, 0) is 4.74 Å². The van der Waals surface area contributed by atoms with Crippen LogP contribution in [0.15, 0.2) is 0 Å². The van der Waals surface area contributed by atoms with Crippen molar-refractivity contribution in [2.24, 2.45) is 5.41 Å². The molecule has 1 heterocycles. The Hall–Kier alpha value is -0.120. The topological polar surface area (TPSA) is 24.5 Å². The van der Waals surface area contributed by atoms with Crippen LogP contribution in [-0.4, -0.2) is 50.3 Å². The van der Waals surface area contributed by atoms with E-state index in [-0.39, 0.29) is 0 Å². The lowest BCUT2D eigenvalue weighted by atomic mass is 9.82. The van der Waals surface area contributed by atoms with Gasteiger partial charge in [0.05, 0.1) is 6.61 Å². The van der Waals surface area contributed by atoms with Gasteiger partial charge in [-0.15, -0.1) is 0 Å². The van der Waals surface area contributed by atoms with Crippen molar-refractivity contribution in [3.63, 3.8) is 0 Å². The zero-order valence-corrected chi connectivity index (χ0v) is 12.4. The number of nitrogens with zero attached hydrogens (tertiary/aromatic N) is 1. The summed E-state index contributed by atoms with van der Waals surface area (Å²) in [4.78, 5) is 2.66. The fourth-order valence-corrected chi connectivity index (χ4v) is 3.18. The fraction of sp³-hybridized carbons (Fsp3) is 1.00. The van der Waals surface area contributed by atoms with Gasteiger partial charge in [0.2, 0.25) is 0 Å². The van der Waals surface area contributed by atoms with E-state index in [1.54, 1.807) is 0 Å². The highest BCUT2D eigenvalue weighted by Gasteiger charge is 2.37. The summed E-state index contributed by atoms with van der Waals surface area (Å²) in [5.74, 6) is 0. The van der Waals surface area contributed by atoms with Crippen LogP contribution < -0.4 is 5.32 Å². The van der Waals surface area contributed by atoms with Gasteiger partial charge in [-0.05, 0) is 44.1 Å². The van der Waals surface area contributed by atoms with Crippen molar-refractivity contribution >= 4 is 0 Å². The normalized spacial score (nSPS) is 25.5. The van der Waals surface area contributed by atoms with E-state index in [0.29, 0.717) is 11.5 Å². The van der Waals surface area contributed by atoms with Gasteiger partial charge >= 0.3 is 0 Å². The van der Waals surface area contributed by atoms with Gasteiger partial charge in [-0.1, -0.05) is 13.8 Å². The van der Waals surface area contributed by atoms with Gasteiger partial charge in [-0.2, -0.15) is 0 Å². The summed E-state index contributed by atoms with van der Waals surface area (Å²) in [6, 6.07) is 1.37. The molecule has 0 bridgehead atoms. The molecule has 0 aromatic rings. The maximum atomic E-state index is 5.42. The first-order valence-electron chi connectivity index (χ1n) is 7.69. The summed E-state index contributed by atoms with van der Waals surface area (Å²) in [6.45, 7) is 9.18. The maximum Gasteiger partial charge on any atom is 0.0630 e. The van der Waals surface area contributed by atoms with E-state index in [1.807, 2.05) is 7.11 Å². The lowest BCUT2D eigenvalue weighted by Crippen LogP contribution is -2.45. The summed E-state index contributed by atoms with van der Waals surface area (Å²) in [5, 5.41) is 3.66. The van der Waals surface area contributed by atoms with Crippen molar-refractivity contribution in [1.82, 2.24) is 10.2 Å². The molecule has 0 amide bonds. The van der Waals surface area contributed by atoms with Gasteiger partial charge in [-0.3, -0.25) is 4.90 Å². The highest BCUT2D eigenvalue weighted by Crippen LogP contribution is 2.37. The average Bonchev–Trinajstić information content (AvgIpc) is 3.12. The lowest BCUT2D eigenvalue weighted by molar-refractivity contribution is 0.0940. The Kier molecular flexibility index (Phi) is 5.05. The number of nitrogens with one attached hydrogen (secondary N) is 1. The molecular weight excluding hydrogens is 224 g/mol. The van der Waals surface area contributed by atoms with E-state index >= 15 is 0 Å². The number of methoxy groups -OCH3 is 1. The number of ether oxygens (including phenoxy) is 1. The van der Waals surface area contributed by atoms with Crippen LogP contribution in [0.5, 0.6) is 0 Å². The molecule has 18 heavy (non-hydrogen) atoms. The van der Waals surface area contributed by atoms with Crippen molar-refractivity contribution < 1.29 is 4.74 Å². The largest absolute Gasteiger partial charge is 0.383 e. The minimum absolute atomic E-state index is 0.565. The molecular formula is C15H30N2O. The van der Waals surface area contributed by atoms with Crippen LogP contribution in [0.25, 0.3) is 0 Å². The molecule has 2 rings (SSSR count). The molecule has 1 aliphatic carbocycles. The molecule has 2 aliphatic rings.